The van der Waals surface area contributed by atoms with Crippen LogP contribution < -0.4 is 5.32 Å². The van der Waals surface area contributed by atoms with Crippen molar-refractivity contribution in [1.29, 1.82) is 0 Å². The Bertz CT molecular complexity index is 535. The van der Waals surface area contributed by atoms with Crippen LogP contribution in [0.3, 0.4) is 0 Å². The summed E-state index contributed by atoms with van der Waals surface area (Å²) < 4.78 is 0. The summed E-state index contributed by atoms with van der Waals surface area (Å²) in [7, 11) is 0. The van der Waals surface area contributed by atoms with E-state index >= 15 is 0 Å². The van der Waals surface area contributed by atoms with Crippen LogP contribution in [0.2, 0.25) is 0 Å². The van der Waals surface area contributed by atoms with Crippen molar-refractivity contribution in [2.24, 2.45) is 0 Å². The molecule has 1 aromatic carbocycles. The first-order valence-electron chi connectivity index (χ1n) is 5.46. The lowest BCUT2D eigenvalue weighted by molar-refractivity contribution is -0.114. The van der Waals surface area contributed by atoms with Gasteiger partial charge < -0.3 is 5.32 Å². The molecule has 0 aliphatic carbocycles. The number of hydrogen-bond acceptors (Lipinski definition) is 2. The molecule has 0 fully saturated rings. The number of carbonyl (C=O) groups excluding carboxylic acids is 1. The highest BCUT2D eigenvalue weighted by atomic mass is 16.1. The van der Waals surface area contributed by atoms with Crippen LogP contribution in [0.5, 0.6) is 0 Å². The Morgan fingerprint density at radius 1 is 1.18 bits per heavy atom. The molecule has 3 heteroatoms. The molecule has 0 aliphatic heterocycles. The van der Waals surface area contributed by atoms with Gasteiger partial charge in [0.1, 0.15) is 0 Å². The minimum absolute atomic E-state index is 0.0832. The summed E-state index contributed by atoms with van der Waals surface area (Å²) in [6.45, 7) is 3.48. The maximum absolute atomic E-state index is 11.1. The summed E-state index contributed by atoms with van der Waals surface area (Å²) >= 11 is 0. The van der Waals surface area contributed by atoms with Crippen LogP contribution in [0.1, 0.15) is 12.5 Å². The number of benzene rings is 1. The zero-order valence-electron chi connectivity index (χ0n) is 9.90. The number of nitrogens with zero attached hydrogens (tertiary/aromatic N) is 1. The quantitative estimate of drug-likeness (QED) is 0.855. The van der Waals surface area contributed by atoms with Crippen molar-refractivity contribution in [2.45, 2.75) is 13.8 Å². The first-order chi connectivity index (χ1) is 8.18. The van der Waals surface area contributed by atoms with Crippen molar-refractivity contribution in [1.82, 2.24) is 4.98 Å². The van der Waals surface area contributed by atoms with Crippen LogP contribution in [0.15, 0.2) is 42.7 Å². The highest BCUT2D eigenvalue weighted by Gasteiger charge is 2.07. The molecule has 0 atom stereocenters. The summed E-state index contributed by atoms with van der Waals surface area (Å²) in [5, 5.41) is 2.78. The van der Waals surface area contributed by atoms with Gasteiger partial charge in [-0.25, -0.2) is 0 Å². The maximum atomic E-state index is 11.1. The summed E-state index contributed by atoms with van der Waals surface area (Å²) in [5.41, 5.74) is 3.93. The predicted octanol–water partition coefficient (Wildman–Crippen LogP) is 3.02. The number of aromatic nitrogens is 1. The fourth-order valence-electron chi connectivity index (χ4n) is 1.75. The molecule has 2 rings (SSSR count). The van der Waals surface area contributed by atoms with Crippen LogP contribution in [0.4, 0.5) is 5.69 Å². The van der Waals surface area contributed by atoms with Gasteiger partial charge in [0.2, 0.25) is 5.91 Å². The van der Waals surface area contributed by atoms with Gasteiger partial charge in [0, 0.05) is 18.7 Å². The highest BCUT2D eigenvalue weighted by Crippen LogP contribution is 2.26. The third-order valence-corrected chi connectivity index (χ3v) is 2.61. The van der Waals surface area contributed by atoms with E-state index in [9.17, 15) is 4.79 Å². The minimum atomic E-state index is -0.0832. The predicted molar refractivity (Wildman–Crippen MR) is 68.7 cm³/mol. The van der Waals surface area contributed by atoms with Crippen molar-refractivity contribution in [3.05, 3.63) is 48.3 Å². The summed E-state index contributed by atoms with van der Waals surface area (Å²) in [6, 6.07) is 10.0. The lowest BCUT2D eigenvalue weighted by Gasteiger charge is -2.10. The Labute approximate surface area is 101 Å². The topological polar surface area (TPSA) is 42.0 Å². The average molecular weight is 226 g/mol. The molecule has 1 heterocycles. The van der Waals surface area contributed by atoms with Gasteiger partial charge in [-0.3, -0.25) is 9.78 Å². The van der Waals surface area contributed by atoms with Crippen LogP contribution >= 0.6 is 0 Å². The highest BCUT2D eigenvalue weighted by molar-refractivity contribution is 5.90. The molecule has 2 aromatic rings. The van der Waals surface area contributed by atoms with E-state index in [2.05, 4.69) is 10.3 Å². The lowest BCUT2D eigenvalue weighted by atomic mass is 10.0. The molecule has 0 saturated heterocycles. The van der Waals surface area contributed by atoms with Gasteiger partial charge in [-0.05, 0) is 18.1 Å². The summed E-state index contributed by atoms with van der Waals surface area (Å²) in [6.07, 6.45) is 3.49. The molecule has 0 spiro atoms. The van der Waals surface area contributed by atoms with E-state index in [-0.39, 0.29) is 5.91 Å². The van der Waals surface area contributed by atoms with Gasteiger partial charge in [0.25, 0.3) is 0 Å². The fourth-order valence-corrected chi connectivity index (χ4v) is 1.75. The van der Waals surface area contributed by atoms with Crippen molar-refractivity contribution in [3.63, 3.8) is 0 Å². The Kier molecular flexibility index (Phi) is 3.19. The Morgan fingerprint density at radius 3 is 2.53 bits per heavy atom. The molecule has 0 radical (unpaired) electrons. The largest absolute Gasteiger partial charge is 0.325 e. The van der Waals surface area contributed by atoms with Crippen LogP contribution in [-0.4, -0.2) is 10.9 Å². The van der Waals surface area contributed by atoms with Crippen LogP contribution in [0, 0.1) is 6.92 Å². The van der Waals surface area contributed by atoms with E-state index < -0.39 is 0 Å². The molecule has 1 aromatic heterocycles. The Balaban J connectivity index is 2.46. The van der Waals surface area contributed by atoms with Crippen LogP contribution in [0.25, 0.3) is 11.1 Å². The average Bonchev–Trinajstić information content (AvgIpc) is 2.32. The molecule has 3 nitrogen and oxygen atoms in total. The normalized spacial score (nSPS) is 10.0. The third kappa shape index (κ3) is 2.50. The lowest BCUT2D eigenvalue weighted by Crippen LogP contribution is -2.08. The second-order valence-electron chi connectivity index (χ2n) is 3.91. The van der Waals surface area contributed by atoms with E-state index in [4.69, 9.17) is 0 Å². The molecule has 86 valence electrons. The van der Waals surface area contributed by atoms with E-state index in [0.29, 0.717) is 0 Å². The number of carbonyl (C=O) groups is 1. The zero-order valence-corrected chi connectivity index (χ0v) is 9.90. The Hall–Kier alpha value is -2.16. The zero-order chi connectivity index (χ0) is 12.3. The van der Waals surface area contributed by atoms with Gasteiger partial charge in [0.15, 0.2) is 0 Å². The van der Waals surface area contributed by atoms with E-state index in [1.807, 2.05) is 43.5 Å². The smallest absolute Gasteiger partial charge is 0.221 e. The number of pyridine rings is 1. The third-order valence-electron chi connectivity index (χ3n) is 2.61. The van der Waals surface area contributed by atoms with Gasteiger partial charge in [-0.1, -0.05) is 30.3 Å². The number of hydrogen-bond donors (Lipinski definition) is 1. The number of nitrogens with one attached hydrogen (secondary N) is 1. The molecular weight excluding hydrogens is 212 g/mol. The summed E-state index contributed by atoms with van der Waals surface area (Å²) in [5.74, 6) is -0.0832. The SMILES string of the molecule is CC(=O)Nc1cncc(-c2ccccc2)c1C. The number of anilines is 1. The molecule has 17 heavy (non-hydrogen) atoms. The van der Waals surface area contributed by atoms with Crippen molar-refractivity contribution in [2.75, 3.05) is 5.32 Å². The molecule has 0 saturated carbocycles. The maximum Gasteiger partial charge on any atom is 0.221 e. The second kappa shape index (κ2) is 4.78. The summed E-state index contributed by atoms with van der Waals surface area (Å²) in [4.78, 5) is 15.2. The number of rotatable bonds is 2. The molecule has 1 amide bonds. The van der Waals surface area contributed by atoms with E-state index in [1.165, 1.54) is 6.92 Å². The Morgan fingerprint density at radius 2 is 1.88 bits per heavy atom. The van der Waals surface area contributed by atoms with Crippen molar-refractivity contribution >= 4 is 11.6 Å². The molecular formula is C14H14N2O. The standard InChI is InChI=1S/C14H14N2O/c1-10-13(12-6-4-3-5-7-12)8-15-9-14(10)16-11(2)17/h3-9H,1-2H3,(H,16,17). The van der Waals surface area contributed by atoms with Crippen molar-refractivity contribution in [3.8, 4) is 11.1 Å². The first-order valence-corrected chi connectivity index (χ1v) is 5.46. The molecule has 0 bridgehead atoms. The fraction of sp³-hybridized carbons (Fsp3) is 0.143. The minimum Gasteiger partial charge on any atom is -0.325 e. The first kappa shape index (κ1) is 11.3. The molecule has 0 aliphatic rings. The van der Waals surface area contributed by atoms with Gasteiger partial charge in [-0.15, -0.1) is 0 Å². The van der Waals surface area contributed by atoms with Gasteiger partial charge in [-0.2, -0.15) is 0 Å². The van der Waals surface area contributed by atoms with Crippen LogP contribution in [-0.2, 0) is 4.79 Å². The monoisotopic (exact) mass is 226 g/mol. The van der Waals surface area contributed by atoms with Gasteiger partial charge >= 0.3 is 0 Å². The molecule has 0 unspecified atom stereocenters. The number of amides is 1. The van der Waals surface area contributed by atoms with Gasteiger partial charge in [0.05, 0.1) is 11.9 Å². The van der Waals surface area contributed by atoms with E-state index in [0.717, 1.165) is 22.4 Å². The van der Waals surface area contributed by atoms with E-state index in [1.54, 1.807) is 6.20 Å². The molecule has 1 N–H and O–H groups in total. The van der Waals surface area contributed by atoms with Crippen molar-refractivity contribution < 1.29 is 4.79 Å². The second-order valence-corrected chi connectivity index (χ2v) is 3.91.